The first-order valence-corrected chi connectivity index (χ1v) is 14.0. The van der Waals surface area contributed by atoms with Gasteiger partial charge in [-0.2, -0.15) is 0 Å². The SMILES string of the molecule is C[C@@H]1Cc2nc(SCC(=O)N3CCN(c4ccccc4)CC3)n(CCc3ccccc3)c(=O)c2S1. The maximum Gasteiger partial charge on any atom is 0.268 e. The lowest BCUT2D eigenvalue weighted by Crippen LogP contribution is -2.49. The van der Waals surface area contributed by atoms with E-state index in [9.17, 15) is 9.59 Å². The monoisotopic (exact) mass is 506 g/mol. The predicted molar refractivity (Wildman–Crippen MR) is 144 cm³/mol. The summed E-state index contributed by atoms with van der Waals surface area (Å²) in [6.45, 7) is 5.76. The molecule has 1 aromatic heterocycles. The van der Waals surface area contributed by atoms with Crippen molar-refractivity contribution in [3.05, 3.63) is 82.3 Å². The number of piperazine rings is 1. The first kappa shape index (κ1) is 24.0. The number of aryl methyl sites for hydroxylation is 1. The van der Waals surface area contributed by atoms with Gasteiger partial charge in [-0.1, -0.05) is 67.2 Å². The molecule has 8 heteroatoms. The normalized spacial score (nSPS) is 17.5. The summed E-state index contributed by atoms with van der Waals surface area (Å²) < 4.78 is 1.78. The highest BCUT2D eigenvalue weighted by Crippen LogP contribution is 2.34. The van der Waals surface area contributed by atoms with Crippen molar-refractivity contribution in [1.82, 2.24) is 14.5 Å². The van der Waals surface area contributed by atoms with Crippen molar-refractivity contribution < 1.29 is 4.79 Å². The highest BCUT2D eigenvalue weighted by atomic mass is 32.2. The van der Waals surface area contributed by atoms with Gasteiger partial charge in [0.05, 0.1) is 16.3 Å². The Kier molecular flexibility index (Phi) is 7.48. The molecule has 1 fully saturated rings. The molecule has 35 heavy (non-hydrogen) atoms. The van der Waals surface area contributed by atoms with Crippen LogP contribution >= 0.6 is 23.5 Å². The molecule has 6 nitrogen and oxygen atoms in total. The van der Waals surface area contributed by atoms with E-state index in [4.69, 9.17) is 4.98 Å². The van der Waals surface area contributed by atoms with Crippen molar-refractivity contribution in [3.63, 3.8) is 0 Å². The van der Waals surface area contributed by atoms with Crippen molar-refractivity contribution >= 4 is 35.1 Å². The van der Waals surface area contributed by atoms with Gasteiger partial charge in [0.1, 0.15) is 0 Å². The molecule has 0 spiro atoms. The molecule has 1 amide bonds. The first-order chi connectivity index (χ1) is 17.1. The summed E-state index contributed by atoms with van der Waals surface area (Å²) >= 11 is 3.02. The van der Waals surface area contributed by atoms with Gasteiger partial charge >= 0.3 is 0 Å². The molecule has 0 aliphatic carbocycles. The van der Waals surface area contributed by atoms with Crippen LogP contribution in [-0.4, -0.2) is 57.5 Å². The zero-order valence-corrected chi connectivity index (χ0v) is 21.6. The Bertz CT molecular complexity index is 1230. The Morgan fingerprint density at radius 1 is 1.03 bits per heavy atom. The molecular formula is C27H30N4O2S2. The second-order valence-corrected chi connectivity index (χ2v) is 11.4. The molecule has 0 radical (unpaired) electrons. The second-order valence-electron chi connectivity index (χ2n) is 8.99. The lowest BCUT2D eigenvalue weighted by Gasteiger charge is -2.36. The maximum atomic E-state index is 13.4. The minimum absolute atomic E-state index is 0.0340. The molecule has 2 aliphatic heterocycles. The molecule has 0 saturated carbocycles. The molecular weight excluding hydrogens is 476 g/mol. The average molecular weight is 507 g/mol. The topological polar surface area (TPSA) is 58.4 Å². The van der Waals surface area contributed by atoms with Crippen LogP contribution in [0.3, 0.4) is 0 Å². The van der Waals surface area contributed by atoms with E-state index in [0.29, 0.717) is 35.8 Å². The zero-order valence-electron chi connectivity index (χ0n) is 19.9. The number of carbonyl (C=O) groups is 1. The fourth-order valence-electron chi connectivity index (χ4n) is 4.59. The highest BCUT2D eigenvalue weighted by molar-refractivity contribution is 8.00. The Morgan fingerprint density at radius 3 is 2.43 bits per heavy atom. The van der Waals surface area contributed by atoms with Gasteiger partial charge in [0.2, 0.25) is 5.91 Å². The van der Waals surface area contributed by atoms with Crippen molar-refractivity contribution in [2.45, 2.75) is 41.6 Å². The van der Waals surface area contributed by atoms with E-state index in [1.54, 1.807) is 16.3 Å². The summed E-state index contributed by atoms with van der Waals surface area (Å²) in [6, 6.07) is 20.5. The number of thioether (sulfide) groups is 2. The van der Waals surface area contributed by atoms with Crippen LogP contribution in [0.25, 0.3) is 0 Å². The van der Waals surface area contributed by atoms with Crippen LogP contribution in [0.4, 0.5) is 5.69 Å². The number of para-hydroxylation sites is 1. The van der Waals surface area contributed by atoms with E-state index in [1.807, 2.05) is 41.3 Å². The number of benzene rings is 2. The number of hydrogen-bond acceptors (Lipinski definition) is 6. The molecule has 1 atom stereocenters. The van der Waals surface area contributed by atoms with E-state index in [-0.39, 0.29) is 11.5 Å². The number of amides is 1. The van der Waals surface area contributed by atoms with Gasteiger partial charge in [0, 0.05) is 50.1 Å². The van der Waals surface area contributed by atoms with E-state index < -0.39 is 0 Å². The fraction of sp³-hybridized carbons (Fsp3) is 0.370. The average Bonchev–Trinajstić information content (AvgIpc) is 3.28. The summed E-state index contributed by atoms with van der Waals surface area (Å²) in [5.74, 6) is 0.403. The third-order valence-electron chi connectivity index (χ3n) is 6.51. The van der Waals surface area contributed by atoms with Gasteiger partial charge in [0.15, 0.2) is 5.16 Å². The molecule has 1 saturated heterocycles. The summed E-state index contributed by atoms with van der Waals surface area (Å²) in [5, 5.41) is 1.02. The Hall–Kier alpha value is -2.71. The van der Waals surface area contributed by atoms with Crippen LogP contribution in [0.2, 0.25) is 0 Å². The number of nitrogens with zero attached hydrogens (tertiary/aromatic N) is 4. The summed E-state index contributed by atoms with van der Waals surface area (Å²) in [7, 11) is 0. The summed E-state index contributed by atoms with van der Waals surface area (Å²) in [4.78, 5) is 36.3. The van der Waals surface area contributed by atoms with Gasteiger partial charge in [-0.3, -0.25) is 14.2 Å². The lowest BCUT2D eigenvalue weighted by atomic mass is 10.1. The minimum atomic E-state index is 0.0340. The number of carbonyl (C=O) groups excluding carboxylic acids is 1. The van der Waals surface area contributed by atoms with Gasteiger partial charge in [-0.05, 0) is 24.1 Å². The van der Waals surface area contributed by atoms with Crippen LogP contribution in [0, 0.1) is 0 Å². The van der Waals surface area contributed by atoms with Crippen LogP contribution in [0.1, 0.15) is 18.2 Å². The van der Waals surface area contributed by atoms with E-state index in [2.05, 4.69) is 36.1 Å². The Morgan fingerprint density at radius 2 is 1.71 bits per heavy atom. The third-order valence-corrected chi connectivity index (χ3v) is 8.68. The molecule has 2 aromatic carbocycles. The smallest absolute Gasteiger partial charge is 0.268 e. The van der Waals surface area contributed by atoms with Crippen LogP contribution in [-0.2, 0) is 24.2 Å². The number of anilines is 1. The Balaban J connectivity index is 1.26. The molecule has 3 aromatic rings. The molecule has 0 bridgehead atoms. The van der Waals surface area contributed by atoms with E-state index in [0.717, 1.165) is 36.5 Å². The minimum Gasteiger partial charge on any atom is -0.368 e. The van der Waals surface area contributed by atoms with Crippen LogP contribution in [0.15, 0.2) is 75.5 Å². The quantitative estimate of drug-likeness (QED) is 0.357. The second kappa shape index (κ2) is 10.9. The van der Waals surface area contributed by atoms with Gasteiger partial charge in [-0.25, -0.2) is 4.98 Å². The molecule has 0 N–H and O–H groups in total. The molecule has 2 aliphatic rings. The third kappa shape index (κ3) is 5.59. The van der Waals surface area contributed by atoms with Crippen LogP contribution in [0.5, 0.6) is 0 Å². The van der Waals surface area contributed by atoms with E-state index in [1.165, 1.54) is 23.0 Å². The number of aromatic nitrogens is 2. The molecule has 0 unspecified atom stereocenters. The van der Waals surface area contributed by atoms with Gasteiger partial charge in [0.25, 0.3) is 5.56 Å². The van der Waals surface area contributed by atoms with Crippen molar-refractivity contribution in [1.29, 1.82) is 0 Å². The largest absolute Gasteiger partial charge is 0.368 e. The van der Waals surface area contributed by atoms with Crippen molar-refractivity contribution in [2.75, 3.05) is 36.8 Å². The lowest BCUT2D eigenvalue weighted by molar-refractivity contribution is -0.128. The molecule has 5 rings (SSSR count). The van der Waals surface area contributed by atoms with Gasteiger partial charge < -0.3 is 9.80 Å². The first-order valence-electron chi connectivity index (χ1n) is 12.1. The summed E-state index contributed by atoms with van der Waals surface area (Å²) in [6.07, 6.45) is 1.56. The standard InChI is InChI=1S/C27H30N4O2S2/c1-20-18-23-25(35-20)26(33)31(13-12-21-8-4-2-5-9-21)27(28-23)34-19-24(32)30-16-14-29(15-17-30)22-10-6-3-7-11-22/h2-11,20H,12-19H2,1H3/t20-/m1/s1. The van der Waals surface area contributed by atoms with E-state index >= 15 is 0 Å². The van der Waals surface area contributed by atoms with Crippen molar-refractivity contribution in [3.8, 4) is 0 Å². The highest BCUT2D eigenvalue weighted by Gasteiger charge is 2.27. The number of rotatable bonds is 7. The maximum absolute atomic E-state index is 13.4. The zero-order chi connectivity index (χ0) is 24.2. The fourth-order valence-corrected chi connectivity index (χ4v) is 6.65. The Labute approximate surface area is 214 Å². The predicted octanol–water partition coefficient (Wildman–Crippen LogP) is 3.96. The van der Waals surface area contributed by atoms with Gasteiger partial charge in [-0.15, -0.1) is 11.8 Å². The summed E-state index contributed by atoms with van der Waals surface area (Å²) in [5.41, 5.74) is 3.30. The number of fused-ring (bicyclic) bond motifs is 1. The number of hydrogen-bond donors (Lipinski definition) is 0. The molecule has 182 valence electrons. The molecule has 3 heterocycles. The van der Waals surface area contributed by atoms with Crippen molar-refractivity contribution in [2.24, 2.45) is 0 Å². The van der Waals surface area contributed by atoms with Crippen LogP contribution < -0.4 is 10.5 Å².